The fourth-order valence-corrected chi connectivity index (χ4v) is 1.63. The molecule has 0 bridgehead atoms. The normalized spacial score (nSPS) is 21.8. The van der Waals surface area contributed by atoms with Crippen LogP contribution in [0.1, 0.15) is 12.1 Å². The molecule has 1 heterocycles. The summed E-state index contributed by atoms with van der Waals surface area (Å²) in [6, 6.07) is 1.82. The van der Waals surface area contributed by atoms with Gasteiger partial charge in [-0.2, -0.15) is 13.2 Å². The summed E-state index contributed by atoms with van der Waals surface area (Å²) in [5, 5.41) is 11.0. The molecule has 102 valence electrons. The lowest BCUT2D eigenvalue weighted by Crippen LogP contribution is -2.17. The first-order chi connectivity index (χ1) is 8.79. The summed E-state index contributed by atoms with van der Waals surface area (Å²) in [7, 11) is 0. The first kappa shape index (κ1) is 13.3. The number of rotatable bonds is 3. The van der Waals surface area contributed by atoms with Crippen molar-refractivity contribution < 1.29 is 27.9 Å². The molecule has 19 heavy (non-hydrogen) atoms. The maximum absolute atomic E-state index is 12.2. The molecule has 1 aliphatic carbocycles. The maximum Gasteiger partial charge on any atom is 0.433 e. The van der Waals surface area contributed by atoms with E-state index < -0.39 is 35.6 Å². The monoisotopic (exact) mass is 274 g/mol. The average Bonchev–Trinajstić information content (AvgIpc) is 3.08. The second kappa shape index (κ2) is 4.52. The highest BCUT2D eigenvalue weighted by Gasteiger charge is 2.48. The van der Waals surface area contributed by atoms with Gasteiger partial charge in [-0.05, 0) is 18.6 Å². The number of anilines is 1. The second-order valence-corrected chi connectivity index (χ2v) is 4.21. The van der Waals surface area contributed by atoms with Crippen LogP contribution in [0.15, 0.2) is 18.3 Å². The fraction of sp³-hybridized carbons (Fsp3) is 0.364. The molecule has 0 saturated heterocycles. The van der Waals surface area contributed by atoms with Gasteiger partial charge in [0.15, 0.2) is 0 Å². The van der Waals surface area contributed by atoms with E-state index in [0.717, 1.165) is 18.3 Å². The van der Waals surface area contributed by atoms with E-state index in [9.17, 15) is 22.8 Å². The van der Waals surface area contributed by atoms with Crippen molar-refractivity contribution in [1.82, 2.24) is 4.98 Å². The standard InChI is InChI=1S/C11H9F3N2O3/c12-11(13,14)8-2-1-5(4-15-8)16-9(17)6-3-7(6)10(18)19/h1-2,4,6-7H,3H2,(H,16,17)(H,18,19)/t6-,7+/m1/s1. The van der Waals surface area contributed by atoms with E-state index in [1.807, 2.05) is 0 Å². The molecule has 1 aromatic heterocycles. The van der Waals surface area contributed by atoms with Crippen LogP contribution in [-0.4, -0.2) is 22.0 Å². The molecular weight excluding hydrogens is 265 g/mol. The molecular formula is C11H9F3N2O3. The molecule has 0 aromatic carbocycles. The number of carbonyl (C=O) groups excluding carboxylic acids is 1. The van der Waals surface area contributed by atoms with Crippen LogP contribution in [0.4, 0.5) is 18.9 Å². The van der Waals surface area contributed by atoms with Gasteiger partial charge < -0.3 is 10.4 Å². The Bertz CT molecular complexity index is 513. The van der Waals surface area contributed by atoms with Crippen LogP contribution in [0, 0.1) is 11.8 Å². The molecule has 2 rings (SSSR count). The summed E-state index contributed by atoms with van der Waals surface area (Å²) in [5.74, 6) is -2.90. The third-order valence-electron chi connectivity index (χ3n) is 2.77. The SMILES string of the molecule is O=C(O)[C@H]1C[C@H]1C(=O)Nc1ccc(C(F)(F)F)nc1. The number of aliphatic carboxylic acids is 1. The van der Waals surface area contributed by atoms with Gasteiger partial charge >= 0.3 is 12.1 Å². The number of hydrogen-bond acceptors (Lipinski definition) is 3. The van der Waals surface area contributed by atoms with E-state index in [4.69, 9.17) is 5.11 Å². The predicted molar refractivity (Wildman–Crippen MR) is 57.1 cm³/mol. The van der Waals surface area contributed by atoms with Crippen molar-refractivity contribution in [2.75, 3.05) is 5.32 Å². The number of aromatic nitrogens is 1. The van der Waals surface area contributed by atoms with Crippen LogP contribution in [0.3, 0.4) is 0 Å². The summed E-state index contributed by atoms with van der Waals surface area (Å²) in [6.45, 7) is 0. The van der Waals surface area contributed by atoms with Gasteiger partial charge in [0, 0.05) is 0 Å². The van der Waals surface area contributed by atoms with E-state index in [2.05, 4.69) is 10.3 Å². The van der Waals surface area contributed by atoms with E-state index in [0.29, 0.717) is 0 Å². The molecule has 0 spiro atoms. The van der Waals surface area contributed by atoms with E-state index in [1.165, 1.54) is 0 Å². The zero-order chi connectivity index (χ0) is 14.2. The number of carboxylic acids is 1. The van der Waals surface area contributed by atoms with E-state index >= 15 is 0 Å². The molecule has 0 radical (unpaired) electrons. The quantitative estimate of drug-likeness (QED) is 0.880. The van der Waals surface area contributed by atoms with Crippen molar-refractivity contribution in [2.24, 2.45) is 11.8 Å². The molecule has 2 atom stereocenters. The van der Waals surface area contributed by atoms with Crippen LogP contribution >= 0.6 is 0 Å². The number of halogens is 3. The smallest absolute Gasteiger partial charge is 0.433 e. The molecule has 5 nitrogen and oxygen atoms in total. The molecule has 1 amide bonds. The fourth-order valence-electron chi connectivity index (χ4n) is 1.63. The Morgan fingerprint density at radius 3 is 2.42 bits per heavy atom. The van der Waals surface area contributed by atoms with Gasteiger partial charge in [0.1, 0.15) is 5.69 Å². The van der Waals surface area contributed by atoms with Crippen molar-refractivity contribution in [1.29, 1.82) is 0 Å². The van der Waals surface area contributed by atoms with Gasteiger partial charge in [0.2, 0.25) is 5.91 Å². The summed E-state index contributed by atoms with van der Waals surface area (Å²) in [6.07, 6.45) is -3.40. The molecule has 1 saturated carbocycles. The van der Waals surface area contributed by atoms with Gasteiger partial charge in [-0.15, -0.1) is 0 Å². The molecule has 0 aliphatic heterocycles. The molecule has 0 unspecified atom stereocenters. The number of carboxylic acid groups (broad SMARTS) is 1. The Morgan fingerprint density at radius 1 is 1.32 bits per heavy atom. The van der Waals surface area contributed by atoms with E-state index in [-0.39, 0.29) is 12.1 Å². The van der Waals surface area contributed by atoms with Crippen LogP contribution < -0.4 is 5.32 Å². The number of carbonyl (C=O) groups is 2. The lowest BCUT2D eigenvalue weighted by Gasteiger charge is -2.07. The maximum atomic E-state index is 12.2. The first-order valence-electron chi connectivity index (χ1n) is 5.36. The lowest BCUT2D eigenvalue weighted by molar-refractivity contribution is -0.141. The third kappa shape index (κ3) is 3.01. The zero-order valence-electron chi connectivity index (χ0n) is 9.44. The van der Waals surface area contributed by atoms with Gasteiger partial charge in [-0.25, -0.2) is 4.98 Å². The van der Waals surface area contributed by atoms with Gasteiger partial charge in [0.05, 0.1) is 23.7 Å². The lowest BCUT2D eigenvalue weighted by atomic mass is 10.3. The minimum Gasteiger partial charge on any atom is -0.481 e. The molecule has 1 fully saturated rings. The van der Waals surface area contributed by atoms with Gasteiger partial charge in [-0.1, -0.05) is 0 Å². The van der Waals surface area contributed by atoms with Crippen molar-refractivity contribution in [3.8, 4) is 0 Å². The summed E-state index contributed by atoms with van der Waals surface area (Å²) in [4.78, 5) is 25.3. The zero-order valence-corrected chi connectivity index (χ0v) is 9.44. The Labute approximate surface area is 105 Å². The van der Waals surface area contributed by atoms with Crippen molar-refractivity contribution >= 4 is 17.6 Å². The number of nitrogens with one attached hydrogen (secondary N) is 1. The van der Waals surface area contributed by atoms with Crippen LogP contribution in [-0.2, 0) is 15.8 Å². The summed E-state index contributed by atoms with van der Waals surface area (Å²) < 4.78 is 36.7. The number of nitrogens with zero attached hydrogens (tertiary/aromatic N) is 1. The molecule has 1 aromatic rings. The van der Waals surface area contributed by atoms with Crippen molar-refractivity contribution in [3.63, 3.8) is 0 Å². The van der Waals surface area contributed by atoms with E-state index in [1.54, 1.807) is 0 Å². The number of alkyl halides is 3. The highest BCUT2D eigenvalue weighted by Crippen LogP contribution is 2.39. The van der Waals surface area contributed by atoms with Crippen LogP contribution in [0.5, 0.6) is 0 Å². The Hall–Kier alpha value is -2.12. The average molecular weight is 274 g/mol. The topological polar surface area (TPSA) is 79.3 Å². The summed E-state index contributed by atoms with van der Waals surface area (Å²) >= 11 is 0. The Balaban J connectivity index is 1.97. The number of hydrogen-bond donors (Lipinski definition) is 2. The van der Waals surface area contributed by atoms with Crippen LogP contribution in [0.25, 0.3) is 0 Å². The Morgan fingerprint density at radius 2 is 2.00 bits per heavy atom. The Kier molecular flexibility index (Phi) is 3.17. The highest BCUT2D eigenvalue weighted by molar-refractivity contribution is 5.98. The molecule has 1 aliphatic rings. The van der Waals surface area contributed by atoms with Crippen molar-refractivity contribution in [3.05, 3.63) is 24.0 Å². The minimum absolute atomic E-state index is 0.106. The van der Waals surface area contributed by atoms with Gasteiger partial charge in [0.25, 0.3) is 0 Å². The first-order valence-corrected chi connectivity index (χ1v) is 5.36. The highest BCUT2D eigenvalue weighted by atomic mass is 19.4. The molecule has 2 N–H and O–H groups in total. The number of amides is 1. The number of pyridine rings is 1. The predicted octanol–water partition coefficient (Wildman–Crippen LogP) is 1.76. The van der Waals surface area contributed by atoms with Gasteiger partial charge in [-0.3, -0.25) is 9.59 Å². The molecule has 8 heteroatoms. The second-order valence-electron chi connectivity index (χ2n) is 4.21. The van der Waals surface area contributed by atoms with Crippen molar-refractivity contribution in [2.45, 2.75) is 12.6 Å². The third-order valence-corrected chi connectivity index (χ3v) is 2.77. The largest absolute Gasteiger partial charge is 0.481 e. The minimum atomic E-state index is -4.53. The van der Waals surface area contributed by atoms with Crippen LogP contribution in [0.2, 0.25) is 0 Å². The summed E-state index contributed by atoms with van der Waals surface area (Å²) in [5.41, 5.74) is -0.950.